The average Bonchev–Trinajstić information content (AvgIpc) is 2.47. The zero-order chi connectivity index (χ0) is 14.5. The zero-order valence-corrected chi connectivity index (χ0v) is 9.98. The van der Waals surface area contributed by atoms with Crippen molar-refractivity contribution in [3.05, 3.63) is 70.8 Å². The van der Waals surface area contributed by atoms with Crippen molar-refractivity contribution in [2.45, 2.75) is 0 Å². The molecule has 0 unspecified atom stereocenters. The van der Waals surface area contributed by atoms with Gasteiger partial charge in [0.25, 0.3) is 0 Å². The van der Waals surface area contributed by atoms with Gasteiger partial charge in [-0.2, -0.15) is 0 Å². The molecule has 20 heavy (non-hydrogen) atoms. The summed E-state index contributed by atoms with van der Waals surface area (Å²) in [6, 6.07) is 9.35. The first-order valence-corrected chi connectivity index (χ1v) is 5.49. The van der Waals surface area contributed by atoms with E-state index >= 15 is 0 Å². The summed E-state index contributed by atoms with van der Waals surface area (Å²) in [4.78, 5) is 0. The van der Waals surface area contributed by atoms with Gasteiger partial charge in [-0.15, -0.1) is 0 Å². The lowest BCUT2D eigenvalue weighted by Crippen LogP contribution is -1.98. The Hall–Kier alpha value is -2.72. The van der Waals surface area contributed by atoms with Gasteiger partial charge in [0, 0.05) is 5.56 Å². The second kappa shape index (κ2) is 5.95. The topological polar surface area (TPSA) is 0 Å². The first-order chi connectivity index (χ1) is 9.59. The lowest BCUT2D eigenvalue weighted by atomic mass is 10.2. The van der Waals surface area contributed by atoms with Crippen LogP contribution >= 0.6 is 0 Å². The van der Waals surface area contributed by atoms with E-state index in [0.29, 0.717) is 11.6 Å². The van der Waals surface area contributed by atoms with E-state index in [-0.39, 0.29) is 0 Å². The molecule has 0 aromatic heterocycles. The molecule has 0 heterocycles. The first-order valence-electron chi connectivity index (χ1n) is 5.49. The van der Waals surface area contributed by atoms with Crippen molar-refractivity contribution < 1.29 is 17.6 Å². The summed E-state index contributed by atoms with van der Waals surface area (Å²) < 4.78 is 51.8. The molecule has 0 aliphatic rings. The Morgan fingerprint density at radius 3 is 2.05 bits per heavy atom. The Kier molecular flexibility index (Phi) is 4.08. The van der Waals surface area contributed by atoms with Crippen LogP contribution in [-0.2, 0) is 0 Å². The fraction of sp³-hybridized carbons (Fsp3) is 0. The van der Waals surface area contributed by atoms with Crippen molar-refractivity contribution in [3.8, 4) is 23.7 Å². The number of hydrogen-bond acceptors (Lipinski definition) is 0. The summed E-state index contributed by atoms with van der Waals surface area (Å²) in [5.74, 6) is 2.72. The summed E-state index contributed by atoms with van der Waals surface area (Å²) in [5.41, 5.74) is 0.113. The van der Waals surface area contributed by atoms with Crippen molar-refractivity contribution in [2.75, 3.05) is 0 Å². The van der Waals surface area contributed by atoms with E-state index in [1.54, 1.807) is 24.3 Å². The molecular weight excluding hydrogens is 268 g/mol. The van der Waals surface area contributed by atoms with Gasteiger partial charge in [-0.3, -0.25) is 0 Å². The quantitative estimate of drug-likeness (QED) is 0.298. The Bertz CT molecular complexity index is 756. The monoisotopic (exact) mass is 274 g/mol. The lowest BCUT2D eigenvalue weighted by Gasteiger charge is -1.98. The molecule has 0 spiro atoms. The third-order valence-electron chi connectivity index (χ3n) is 2.34. The molecule has 0 N–H and O–H groups in total. The molecule has 0 amide bonds. The third kappa shape index (κ3) is 2.99. The van der Waals surface area contributed by atoms with Crippen LogP contribution in [0.3, 0.4) is 0 Å². The minimum Gasteiger partial charge on any atom is -0.204 e. The predicted molar refractivity (Wildman–Crippen MR) is 66.5 cm³/mol. The molecule has 0 fully saturated rings. The second-order valence-electron chi connectivity index (χ2n) is 3.71. The highest BCUT2D eigenvalue weighted by Crippen LogP contribution is 2.17. The molecule has 2 rings (SSSR count). The van der Waals surface area contributed by atoms with E-state index in [1.807, 2.05) is 6.07 Å². The van der Waals surface area contributed by atoms with Crippen molar-refractivity contribution in [1.82, 2.24) is 0 Å². The maximum Gasteiger partial charge on any atom is 0.198 e. The van der Waals surface area contributed by atoms with Gasteiger partial charge in [-0.05, 0) is 36.0 Å². The fourth-order valence-corrected chi connectivity index (χ4v) is 1.39. The lowest BCUT2D eigenvalue weighted by molar-refractivity contribution is 0.408. The minimum absolute atomic E-state index is 0.491. The van der Waals surface area contributed by atoms with Crippen LogP contribution in [0.4, 0.5) is 17.6 Å². The summed E-state index contributed by atoms with van der Waals surface area (Å²) in [6.07, 6.45) is 0. The van der Waals surface area contributed by atoms with Crippen LogP contribution in [0.2, 0.25) is 0 Å². The highest BCUT2D eigenvalue weighted by atomic mass is 19.2. The summed E-state index contributed by atoms with van der Waals surface area (Å²) >= 11 is 0. The molecule has 0 atom stereocenters. The van der Waals surface area contributed by atoms with E-state index < -0.39 is 28.8 Å². The molecule has 0 bridgehead atoms. The fourth-order valence-electron chi connectivity index (χ4n) is 1.39. The van der Waals surface area contributed by atoms with E-state index in [4.69, 9.17) is 0 Å². The van der Waals surface area contributed by atoms with Crippen LogP contribution in [0.15, 0.2) is 36.4 Å². The smallest absolute Gasteiger partial charge is 0.198 e. The van der Waals surface area contributed by atoms with Crippen molar-refractivity contribution in [2.24, 2.45) is 0 Å². The predicted octanol–water partition coefficient (Wildman–Crippen LogP) is 3.65. The number of rotatable bonds is 0. The van der Waals surface area contributed by atoms with Crippen LogP contribution in [0.1, 0.15) is 11.1 Å². The Balaban J connectivity index is 2.29. The Morgan fingerprint density at radius 2 is 1.35 bits per heavy atom. The van der Waals surface area contributed by atoms with Crippen molar-refractivity contribution in [1.29, 1.82) is 0 Å². The second-order valence-corrected chi connectivity index (χ2v) is 3.71. The van der Waals surface area contributed by atoms with Crippen LogP contribution in [-0.4, -0.2) is 0 Å². The van der Waals surface area contributed by atoms with E-state index in [9.17, 15) is 17.6 Å². The van der Waals surface area contributed by atoms with Crippen LogP contribution in [0.25, 0.3) is 0 Å². The van der Waals surface area contributed by atoms with Crippen molar-refractivity contribution >= 4 is 0 Å². The maximum absolute atomic E-state index is 13.3. The molecule has 98 valence electrons. The van der Waals surface area contributed by atoms with Crippen LogP contribution < -0.4 is 0 Å². The van der Waals surface area contributed by atoms with Gasteiger partial charge >= 0.3 is 0 Å². The standard InChI is InChI=1S/C16H6F4/c17-13-10-12(14(18)16(20)15(13)19)9-5-4-8-11-6-2-1-3-7-11/h1-3,6-7,10H. The van der Waals surface area contributed by atoms with Crippen LogP contribution in [0, 0.1) is 47.0 Å². The van der Waals surface area contributed by atoms with Gasteiger partial charge in [0.2, 0.25) is 0 Å². The first kappa shape index (κ1) is 13.7. The van der Waals surface area contributed by atoms with Gasteiger partial charge in [0.05, 0.1) is 5.56 Å². The molecule has 0 saturated heterocycles. The molecule has 0 nitrogen and oxygen atoms in total. The van der Waals surface area contributed by atoms with Gasteiger partial charge < -0.3 is 0 Å². The number of benzene rings is 2. The molecule has 0 radical (unpaired) electrons. The Labute approximate surface area is 113 Å². The van der Waals surface area contributed by atoms with E-state index in [2.05, 4.69) is 23.7 Å². The van der Waals surface area contributed by atoms with E-state index in [0.717, 1.165) is 0 Å². The molecule has 0 saturated carbocycles. The highest BCUT2D eigenvalue weighted by molar-refractivity contribution is 5.45. The molecular formula is C16H6F4. The van der Waals surface area contributed by atoms with Gasteiger partial charge in [-0.25, -0.2) is 17.6 Å². The molecule has 2 aromatic rings. The van der Waals surface area contributed by atoms with Gasteiger partial charge in [-0.1, -0.05) is 24.1 Å². The number of hydrogen-bond donors (Lipinski definition) is 0. The van der Waals surface area contributed by atoms with Gasteiger partial charge in [0.15, 0.2) is 23.3 Å². The normalized spacial score (nSPS) is 9.20. The Morgan fingerprint density at radius 1 is 0.700 bits per heavy atom. The zero-order valence-electron chi connectivity index (χ0n) is 9.98. The number of halogens is 4. The average molecular weight is 274 g/mol. The maximum atomic E-state index is 13.3. The van der Waals surface area contributed by atoms with Crippen molar-refractivity contribution in [3.63, 3.8) is 0 Å². The third-order valence-corrected chi connectivity index (χ3v) is 2.34. The largest absolute Gasteiger partial charge is 0.204 e. The van der Waals surface area contributed by atoms with E-state index in [1.165, 1.54) is 0 Å². The molecule has 4 heteroatoms. The van der Waals surface area contributed by atoms with Crippen LogP contribution in [0.5, 0.6) is 0 Å². The highest BCUT2D eigenvalue weighted by Gasteiger charge is 2.17. The molecule has 0 aliphatic heterocycles. The SMILES string of the molecule is Fc1cc(C#CC#Cc2ccccc2)c(F)c(F)c1F. The molecule has 0 aliphatic carbocycles. The minimum atomic E-state index is -1.88. The molecule has 2 aromatic carbocycles. The summed E-state index contributed by atoms with van der Waals surface area (Å²) in [6.45, 7) is 0. The summed E-state index contributed by atoms with van der Waals surface area (Å²) in [7, 11) is 0. The van der Waals surface area contributed by atoms with Gasteiger partial charge in [0.1, 0.15) is 0 Å². The summed E-state index contributed by atoms with van der Waals surface area (Å²) in [5, 5.41) is 0.